The molecule has 1 fully saturated rings. The SMILES string of the molecule is CC(=O)Nc1ccc(S(=O)(=O)N2CCNCC2)cc1.Cl. The number of amides is 1. The van der Waals surface area contributed by atoms with Crippen molar-refractivity contribution in [3.8, 4) is 0 Å². The Morgan fingerprint density at radius 3 is 2.25 bits per heavy atom. The van der Waals surface area contributed by atoms with Gasteiger partial charge in [-0.2, -0.15) is 4.31 Å². The molecule has 1 aliphatic rings. The van der Waals surface area contributed by atoms with E-state index in [0.717, 1.165) is 0 Å². The first-order valence-corrected chi connectivity index (χ1v) is 7.53. The molecule has 2 N–H and O–H groups in total. The molecule has 6 nitrogen and oxygen atoms in total. The predicted octanol–water partition coefficient (Wildman–Crippen LogP) is 0.661. The number of anilines is 1. The Kier molecular flexibility index (Phi) is 5.94. The highest BCUT2D eigenvalue weighted by molar-refractivity contribution is 7.89. The minimum atomic E-state index is -3.43. The summed E-state index contributed by atoms with van der Waals surface area (Å²) < 4.78 is 26.1. The number of nitrogens with one attached hydrogen (secondary N) is 2. The number of nitrogens with zero attached hydrogens (tertiary/aromatic N) is 1. The number of sulfonamides is 1. The van der Waals surface area contributed by atoms with Crippen molar-refractivity contribution in [3.63, 3.8) is 0 Å². The Bertz CT molecular complexity index is 554. The highest BCUT2D eigenvalue weighted by Gasteiger charge is 2.25. The number of benzene rings is 1. The fourth-order valence-corrected chi connectivity index (χ4v) is 3.39. The maximum Gasteiger partial charge on any atom is 0.243 e. The van der Waals surface area contributed by atoms with Crippen molar-refractivity contribution >= 4 is 34.0 Å². The van der Waals surface area contributed by atoms with Crippen LogP contribution in [0.2, 0.25) is 0 Å². The molecule has 0 unspecified atom stereocenters. The molecule has 8 heteroatoms. The van der Waals surface area contributed by atoms with Crippen LogP contribution < -0.4 is 10.6 Å². The van der Waals surface area contributed by atoms with Gasteiger partial charge in [0.05, 0.1) is 4.90 Å². The van der Waals surface area contributed by atoms with Crippen LogP contribution in [0, 0.1) is 0 Å². The maximum atomic E-state index is 12.3. The lowest BCUT2D eigenvalue weighted by Gasteiger charge is -2.26. The summed E-state index contributed by atoms with van der Waals surface area (Å²) in [4.78, 5) is 11.2. The fourth-order valence-electron chi connectivity index (χ4n) is 1.95. The van der Waals surface area contributed by atoms with E-state index in [1.54, 1.807) is 12.1 Å². The molecule has 1 heterocycles. The monoisotopic (exact) mass is 319 g/mol. The Morgan fingerprint density at radius 2 is 1.75 bits per heavy atom. The molecule has 0 atom stereocenters. The number of rotatable bonds is 3. The van der Waals surface area contributed by atoms with Crippen LogP contribution in [-0.2, 0) is 14.8 Å². The lowest BCUT2D eigenvalue weighted by atomic mass is 10.3. The van der Waals surface area contributed by atoms with Gasteiger partial charge in [-0.05, 0) is 24.3 Å². The molecule has 0 saturated carbocycles. The largest absolute Gasteiger partial charge is 0.326 e. The average Bonchev–Trinajstić information content (AvgIpc) is 2.40. The number of piperazine rings is 1. The third kappa shape index (κ3) is 3.92. The fraction of sp³-hybridized carbons (Fsp3) is 0.417. The van der Waals surface area contributed by atoms with E-state index in [-0.39, 0.29) is 23.2 Å². The van der Waals surface area contributed by atoms with Gasteiger partial charge >= 0.3 is 0 Å². The van der Waals surface area contributed by atoms with Crippen LogP contribution in [0.4, 0.5) is 5.69 Å². The van der Waals surface area contributed by atoms with Gasteiger partial charge in [-0.25, -0.2) is 8.42 Å². The number of halogens is 1. The van der Waals surface area contributed by atoms with Gasteiger partial charge in [0.15, 0.2) is 0 Å². The van der Waals surface area contributed by atoms with Crippen LogP contribution in [0.5, 0.6) is 0 Å². The molecule has 0 bridgehead atoms. The van der Waals surface area contributed by atoms with Gasteiger partial charge in [0.25, 0.3) is 0 Å². The lowest BCUT2D eigenvalue weighted by Crippen LogP contribution is -2.46. The van der Waals surface area contributed by atoms with Crippen molar-refractivity contribution in [3.05, 3.63) is 24.3 Å². The molecule has 0 aromatic heterocycles. The summed E-state index contributed by atoms with van der Waals surface area (Å²) in [5.74, 6) is -0.183. The van der Waals surface area contributed by atoms with E-state index in [1.807, 2.05) is 0 Å². The minimum absolute atomic E-state index is 0. The number of carbonyl (C=O) groups is 1. The molecule has 112 valence electrons. The molecule has 20 heavy (non-hydrogen) atoms. The molecule has 1 aromatic carbocycles. The van der Waals surface area contributed by atoms with E-state index in [4.69, 9.17) is 0 Å². The maximum absolute atomic E-state index is 12.3. The Labute approximate surface area is 125 Å². The van der Waals surface area contributed by atoms with Crippen molar-refractivity contribution in [1.29, 1.82) is 0 Å². The first-order chi connectivity index (χ1) is 9.00. The molecule has 2 rings (SSSR count). The molecular weight excluding hydrogens is 302 g/mol. The third-order valence-corrected chi connectivity index (χ3v) is 4.80. The number of hydrogen-bond acceptors (Lipinski definition) is 4. The van der Waals surface area contributed by atoms with Crippen LogP contribution in [0.15, 0.2) is 29.2 Å². The van der Waals surface area contributed by atoms with Crippen LogP contribution in [0.25, 0.3) is 0 Å². The van der Waals surface area contributed by atoms with Gasteiger partial charge in [-0.15, -0.1) is 12.4 Å². The Morgan fingerprint density at radius 1 is 1.20 bits per heavy atom. The summed E-state index contributed by atoms with van der Waals surface area (Å²) in [6, 6.07) is 6.22. The number of carbonyl (C=O) groups excluding carboxylic acids is 1. The van der Waals surface area contributed by atoms with Crippen molar-refractivity contribution in [2.45, 2.75) is 11.8 Å². The second-order valence-electron chi connectivity index (χ2n) is 4.36. The van der Waals surface area contributed by atoms with E-state index in [1.165, 1.54) is 23.4 Å². The molecule has 1 aromatic rings. The van der Waals surface area contributed by atoms with Gasteiger partial charge in [0, 0.05) is 38.8 Å². The summed E-state index contributed by atoms with van der Waals surface area (Å²) >= 11 is 0. The first kappa shape index (κ1) is 16.9. The highest BCUT2D eigenvalue weighted by Crippen LogP contribution is 2.18. The minimum Gasteiger partial charge on any atom is -0.326 e. The molecule has 1 saturated heterocycles. The van der Waals surface area contributed by atoms with Crippen LogP contribution in [0.1, 0.15) is 6.92 Å². The summed E-state index contributed by atoms with van der Waals surface area (Å²) in [6.45, 7) is 3.71. The van der Waals surface area contributed by atoms with Gasteiger partial charge in [0.1, 0.15) is 0 Å². The van der Waals surface area contributed by atoms with Gasteiger partial charge < -0.3 is 10.6 Å². The number of hydrogen-bond donors (Lipinski definition) is 2. The topological polar surface area (TPSA) is 78.5 Å². The summed E-state index contributed by atoms with van der Waals surface area (Å²) in [5.41, 5.74) is 0.590. The van der Waals surface area contributed by atoms with Gasteiger partial charge in [-0.3, -0.25) is 4.79 Å². The van der Waals surface area contributed by atoms with Crippen LogP contribution in [0.3, 0.4) is 0 Å². The van der Waals surface area contributed by atoms with E-state index in [2.05, 4.69) is 10.6 Å². The summed E-state index contributed by atoms with van der Waals surface area (Å²) in [5, 5.41) is 5.72. The molecule has 1 amide bonds. The summed E-state index contributed by atoms with van der Waals surface area (Å²) in [7, 11) is -3.43. The van der Waals surface area contributed by atoms with E-state index < -0.39 is 10.0 Å². The normalized spacial score (nSPS) is 16.2. The molecule has 0 spiro atoms. The Hall–Kier alpha value is -1.15. The molecule has 1 aliphatic heterocycles. The molecular formula is C12H18ClN3O3S. The standard InChI is InChI=1S/C12H17N3O3S.ClH/c1-10(16)14-11-2-4-12(5-3-11)19(17,18)15-8-6-13-7-9-15;/h2-5,13H,6-9H2,1H3,(H,14,16);1H. The van der Waals surface area contributed by atoms with Crippen LogP contribution >= 0.6 is 12.4 Å². The van der Waals surface area contributed by atoms with Gasteiger partial charge in [0.2, 0.25) is 15.9 Å². The zero-order valence-electron chi connectivity index (χ0n) is 11.1. The molecule has 0 aliphatic carbocycles. The van der Waals surface area contributed by atoms with Crippen molar-refractivity contribution in [2.75, 3.05) is 31.5 Å². The summed E-state index contributed by atoms with van der Waals surface area (Å²) in [6.07, 6.45) is 0. The van der Waals surface area contributed by atoms with Crippen molar-refractivity contribution < 1.29 is 13.2 Å². The smallest absolute Gasteiger partial charge is 0.243 e. The van der Waals surface area contributed by atoms with Crippen molar-refractivity contribution in [1.82, 2.24) is 9.62 Å². The molecule has 0 radical (unpaired) electrons. The van der Waals surface area contributed by atoms with E-state index in [9.17, 15) is 13.2 Å². The van der Waals surface area contributed by atoms with E-state index >= 15 is 0 Å². The highest BCUT2D eigenvalue weighted by atomic mass is 35.5. The lowest BCUT2D eigenvalue weighted by molar-refractivity contribution is -0.114. The first-order valence-electron chi connectivity index (χ1n) is 6.09. The second-order valence-corrected chi connectivity index (χ2v) is 6.30. The van der Waals surface area contributed by atoms with Gasteiger partial charge in [-0.1, -0.05) is 0 Å². The Balaban J connectivity index is 0.00000200. The average molecular weight is 320 g/mol. The zero-order chi connectivity index (χ0) is 13.9. The van der Waals surface area contributed by atoms with E-state index in [0.29, 0.717) is 31.9 Å². The predicted molar refractivity (Wildman–Crippen MR) is 79.6 cm³/mol. The van der Waals surface area contributed by atoms with Crippen LogP contribution in [-0.4, -0.2) is 44.8 Å². The quantitative estimate of drug-likeness (QED) is 0.858. The second kappa shape index (κ2) is 7.03. The zero-order valence-corrected chi connectivity index (χ0v) is 12.8. The third-order valence-electron chi connectivity index (χ3n) is 2.89. The van der Waals surface area contributed by atoms with Crippen molar-refractivity contribution in [2.24, 2.45) is 0 Å².